The molecule has 8 heteroatoms. The van der Waals surface area contributed by atoms with Crippen molar-refractivity contribution in [3.63, 3.8) is 0 Å². The Morgan fingerprint density at radius 1 is 0.586 bits per heavy atom. The number of esters is 1. The summed E-state index contributed by atoms with van der Waals surface area (Å²) in [6.07, 6.45) is 7.52. The Morgan fingerprint density at radius 3 is 1.48 bits per heavy atom. The number of ether oxygens (including phenoxy) is 6. The molecule has 29 heavy (non-hydrogen) atoms. The van der Waals surface area contributed by atoms with Crippen LogP contribution in [0, 0.1) is 0 Å². The molecule has 0 atom stereocenters. The van der Waals surface area contributed by atoms with Gasteiger partial charge in [-0.05, 0) is 6.42 Å². The second-order valence-corrected chi connectivity index (χ2v) is 7.57. The summed E-state index contributed by atoms with van der Waals surface area (Å²) in [7, 11) is 0. The summed E-state index contributed by atoms with van der Waals surface area (Å²) in [6.45, 7) is 8.06. The van der Waals surface area contributed by atoms with Crippen LogP contribution in [0.15, 0.2) is 0 Å². The fourth-order valence-corrected chi connectivity index (χ4v) is 2.68. The van der Waals surface area contributed by atoms with Gasteiger partial charge in [-0.2, -0.15) is 0 Å². The highest BCUT2D eigenvalue weighted by atomic mass is 127. The first-order valence-electron chi connectivity index (χ1n) is 10.9. The number of unbranched alkanes of at least 4 members (excludes halogenated alkanes) is 5. The van der Waals surface area contributed by atoms with Crippen molar-refractivity contribution in [3.05, 3.63) is 0 Å². The van der Waals surface area contributed by atoms with Gasteiger partial charge in [-0.3, -0.25) is 4.79 Å². The zero-order chi connectivity index (χ0) is 21.3. The maximum absolute atomic E-state index is 11.6. The predicted molar refractivity (Wildman–Crippen MR) is 122 cm³/mol. The van der Waals surface area contributed by atoms with Gasteiger partial charge in [-0.1, -0.05) is 61.6 Å². The summed E-state index contributed by atoms with van der Waals surface area (Å²) in [5, 5.41) is 0. The van der Waals surface area contributed by atoms with Gasteiger partial charge in [0.1, 0.15) is 6.61 Å². The molecule has 0 heterocycles. The molecule has 0 aromatic rings. The first-order chi connectivity index (χ1) is 14.3. The molecule has 0 aliphatic carbocycles. The van der Waals surface area contributed by atoms with E-state index in [0.717, 1.165) is 23.9 Å². The Balaban J connectivity index is 3.10. The van der Waals surface area contributed by atoms with Crippen molar-refractivity contribution < 1.29 is 33.2 Å². The third-order valence-corrected chi connectivity index (χ3v) is 4.38. The molecule has 0 aromatic heterocycles. The van der Waals surface area contributed by atoms with Crippen molar-refractivity contribution in [2.75, 3.05) is 77.1 Å². The van der Waals surface area contributed by atoms with Gasteiger partial charge in [-0.15, -0.1) is 0 Å². The van der Waals surface area contributed by atoms with E-state index in [4.69, 9.17) is 28.4 Å². The van der Waals surface area contributed by atoms with Crippen LogP contribution in [0.2, 0.25) is 0 Å². The third-order valence-electron chi connectivity index (χ3n) is 3.93. The fourth-order valence-electron chi connectivity index (χ4n) is 2.37. The second kappa shape index (κ2) is 26.0. The van der Waals surface area contributed by atoms with Crippen LogP contribution in [-0.4, -0.2) is 83.1 Å². The van der Waals surface area contributed by atoms with Crippen LogP contribution in [-0.2, 0) is 33.2 Å². The topological polar surface area (TPSA) is 72.5 Å². The number of rotatable bonds is 24. The molecular formula is C21H41IO7. The largest absolute Gasteiger partial charge is 0.463 e. The first kappa shape index (κ1) is 29.0. The number of carbonyl (C=O) groups is 1. The molecule has 0 fully saturated rings. The van der Waals surface area contributed by atoms with Crippen molar-refractivity contribution >= 4 is 28.6 Å². The summed E-state index contributed by atoms with van der Waals surface area (Å²) >= 11 is 2.27. The van der Waals surface area contributed by atoms with E-state index in [-0.39, 0.29) is 5.97 Å². The van der Waals surface area contributed by atoms with E-state index in [0.29, 0.717) is 72.5 Å². The number of alkyl halides is 1. The molecule has 0 radical (unpaired) electrons. The van der Waals surface area contributed by atoms with Crippen molar-refractivity contribution in [1.82, 2.24) is 0 Å². The molecule has 0 spiro atoms. The minimum Gasteiger partial charge on any atom is -0.463 e. The highest BCUT2D eigenvalue weighted by Gasteiger charge is 2.02. The minimum atomic E-state index is -0.130. The van der Waals surface area contributed by atoms with Crippen LogP contribution < -0.4 is 0 Å². The minimum absolute atomic E-state index is 0.130. The van der Waals surface area contributed by atoms with Crippen molar-refractivity contribution in [2.45, 2.75) is 51.9 Å². The standard InChI is InChI=1S/C21H41IO7/c1-2-3-4-5-6-7-8-21(23)29-20-19-28-18-17-27-16-15-26-14-13-25-12-11-24-10-9-22/h2-20H2,1H3. The lowest BCUT2D eigenvalue weighted by atomic mass is 10.1. The molecule has 174 valence electrons. The second-order valence-electron chi connectivity index (χ2n) is 6.49. The monoisotopic (exact) mass is 532 g/mol. The summed E-state index contributed by atoms with van der Waals surface area (Å²) in [6, 6.07) is 0. The van der Waals surface area contributed by atoms with Gasteiger partial charge in [0, 0.05) is 10.8 Å². The Hall–Kier alpha value is -0.000000000000000222. The molecular weight excluding hydrogens is 491 g/mol. The van der Waals surface area contributed by atoms with Gasteiger partial charge in [0.25, 0.3) is 0 Å². The smallest absolute Gasteiger partial charge is 0.305 e. The Bertz CT molecular complexity index is 332. The van der Waals surface area contributed by atoms with Crippen LogP contribution >= 0.6 is 22.6 Å². The van der Waals surface area contributed by atoms with Gasteiger partial charge < -0.3 is 28.4 Å². The van der Waals surface area contributed by atoms with Crippen LogP contribution in [0.4, 0.5) is 0 Å². The van der Waals surface area contributed by atoms with Crippen LogP contribution in [0.5, 0.6) is 0 Å². The lowest BCUT2D eigenvalue weighted by Gasteiger charge is -2.08. The van der Waals surface area contributed by atoms with E-state index in [9.17, 15) is 4.79 Å². The summed E-state index contributed by atoms with van der Waals surface area (Å²) in [4.78, 5) is 11.6. The van der Waals surface area contributed by atoms with Gasteiger partial charge in [0.2, 0.25) is 0 Å². The summed E-state index contributed by atoms with van der Waals surface area (Å²) in [5.74, 6) is -0.130. The summed E-state index contributed by atoms with van der Waals surface area (Å²) in [5.41, 5.74) is 0. The third kappa shape index (κ3) is 26.0. The summed E-state index contributed by atoms with van der Waals surface area (Å²) < 4.78 is 33.0. The molecule has 0 aromatic carbocycles. The Kier molecular flexibility index (Phi) is 26.0. The Morgan fingerprint density at radius 2 is 1.00 bits per heavy atom. The number of hydrogen-bond acceptors (Lipinski definition) is 7. The van der Waals surface area contributed by atoms with Crippen molar-refractivity contribution in [3.8, 4) is 0 Å². The van der Waals surface area contributed by atoms with Crippen LogP contribution in [0.1, 0.15) is 51.9 Å². The van der Waals surface area contributed by atoms with E-state index in [1.165, 1.54) is 25.7 Å². The highest BCUT2D eigenvalue weighted by Crippen LogP contribution is 2.07. The molecule has 0 aliphatic heterocycles. The average Bonchev–Trinajstić information content (AvgIpc) is 2.73. The first-order valence-corrected chi connectivity index (χ1v) is 12.4. The van der Waals surface area contributed by atoms with Gasteiger partial charge in [0.15, 0.2) is 0 Å². The quantitative estimate of drug-likeness (QED) is 0.0811. The lowest BCUT2D eigenvalue weighted by Crippen LogP contribution is -2.15. The average molecular weight is 532 g/mol. The molecule has 0 bridgehead atoms. The van der Waals surface area contributed by atoms with Gasteiger partial charge in [0.05, 0.1) is 66.1 Å². The Labute approximate surface area is 190 Å². The van der Waals surface area contributed by atoms with Crippen molar-refractivity contribution in [1.29, 1.82) is 0 Å². The molecule has 0 aliphatic rings. The molecule has 0 unspecified atom stereocenters. The molecule has 0 rings (SSSR count). The van der Waals surface area contributed by atoms with E-state index < -0.39 is 0 Å². The number of carbonyl (C=O) groups excluding carboxylic acids is 1. The molecule has 0 N–H and O–H groups in total. The number of halogens is 1. The number of hydrogen-bond donors (Lipinski definition) is 0. The zero-order valence-corrected chi connectivity index (χ0v) is 20.3. The van der Waals surface area contributed by atoms with Crippen molar-refractivity contribution in [2.24, 2.45) is 0 Å². The van der Waals surface area contributed by atoms with Gasteiger partial charge in [-0.25, -0.2) is 0 Å². The van der Waals surface area contributed by atoms with E-state index in [1.807, 2.05) is 0 Å². The maximum Gasteiger partial charge on any atom is 0.305 e. The van der Waals surface area contributed by atoms with E-state index in [2.05, 4.69) is 29.5 Å². The lowest BCUT2D eigenvalue weighted by molar-refractivity contribution is -0.145. The van der Waals surface area contributed by atoms with E-state index >= 15 is 0 Å². The molecule has 7 nitrogen and oxygen atoms in total. The fraction of sp³-hybridized carbons (Fsp3) is 0.952. The SMILES string of the molecule is CCCCCCCCC(=O)OCCOCCOCCOCCOCCOCCI. The highest BCUT2D eigenvalue weighted by molar-refractivity contribution is 14.1. The van der Waals surface area contributed by atoms with Crippen LogP contribution in [0.3, 0.4) is 0 Å². The van der Waals surface area contributed by atoms with Gasteiger partial charge >= 0.3 is 5.97 Å². The van der Waals surface area contributed by atoms with Crippen LogP contribution in [0.25, 0.3) is 0 Å². The normalized spacial score (nSPS) is 11.1. The molecule has 0 saturated carbocycles. The zero-order valence-electron chi connectivity index (χ0n) is 18.2. The molecule has 0 saturated heterocycles. The maximum atomic E-state index is 11.6. The van der Waals surface area contributed by atoms with E-state index in [1.54, 1.807) is 0 Å². The molecule has 0 amide bonds. The predicted octanol–water partition coefficient (Wildman–Crippen LogP) is 3.80.